The maximum absolute atomic E-state index is 4.24. The summed E-state index contributed by atoms with van der Waals surface area (Å²) in [5, 5.41) is 6.00. The molecule has 0 saturated heterocycles. The number of pyridine rings is 1. The van der Waals surface area contributed by atoms with Crippen molar-refractivity contribution in [3.05, 3.63) is 71.5 Å². The Morgan fingerprint density at radius 3 is 2.71 bits per heavy atom. The first kappa shape index (κ1) is 13.6. The van der Waals surface area contributed by atoms with E-state index in [1.807, 2.05) is 18.5 Å². The number of benzene rings is 2. The normalized spacial score (nSPS) is 12.3. The van der Waals surface area contributed by atoms with Gasteiger partial charge in [-0.25, -0.2) is 0 Å². The highest BCUT2D eigenvalue weighted by Gasteiger charge is 2.10. The molecular weight excluding hydrogens is 256 g/mol. The summed E-state index contributed by atoms with van der Waals surface area (Å²) in [6.45, 7) is 6.50. The number of nitrogens with one attached hydrogen (secondary N) is 1. The summed E-state index contributed by atoms with van der Waals surface area (Å²) in [6.07, 6.45) is 3.76. The highest BCUT2D eigenvalue weighted by Crippen LogP contribution is 2.27. The molecule has 2 aromatic carbocycles. The Morgan fingerprint density at radius 1 is 1.05 bits per heavy atom. The lowest BCUT2D eigenvalue weighted by atomic mass is 10.00. The predicted octanol–water partition coefficient (Wildman–Crippen LogP) is 5.02. The summed E-state index contributed by atoms with van der Waals surface area (Å²) in [6, 6.07) is 15.2. The molecule has 1 unspecified atom stereocenters. The van der Waals surface area contributed by atoms with Crippen LogP contribution in [-0.2, 0) is 0 Å². The van der Waals surface area contributed by atoms with Gasteiger partial charge in [0.15, 0.2) is 0 Å². The quantitative estimate of drug-likeness (QED) is 0.726. The van der Waals surface area contributed by atoms with Gasteiger partial charge in [-0.05, 0) is 49.4 Å². The third kappa shape index (κ3) is 2.75. The van der Waals surface area contributed by atoms with E-state index in [0.29, 0.717) is 0 Å². The number of aromatic nitrogens is 1. The standard InChI is InChI=1S/C19H20N2/c1-13-7-8-17(14(2)11-13)15(3)21-19-6-4-5-16-9-10-20-12-18(16)19/h4-12,15,21H,1-3H3. The van der Waals surface area contributed by atoms with Crippen molar-refractivity contribution in [3.63, 3.8) is 0 Å². The largest absolute Gasteiger partial charge is 0.378 e. The first-order valence-corrected chi connectivity index (χ1v) is 7.31. The smallest absolute Gasteiger partial charge is 0.0488 e. The maximum Gasteiger partial charge on any atom is 0.0488 e. The summed E-state index contributed by atoms with van der Waals surface area (Å²) >= 11 is 0. The molecule has 0 radical (unpaired) electrons. The fourth-order valence-corrected chi connectivity index (χ4v) is 2.86. The van der Waals surface area contributed by atoms with Gasteiger partial charge in [0.05, 0.1) is 0 Å². The van der Waals surface area contributed by atoms with Crippen LogP contribution in [0.3, 0.4) is 0 Å². The molecule has 1 heterocycles. The minimum absolute atomic E-state index is 0.261. The summed E-state index contributed by atoms with van der Waals surface area (Å²) in [5.41, 5.74) is 5.10. The van der Waals surface area contributed by atoms with Crippen LogP contribution in [0.1, 0.15) is 29.7 Å². The number of hydrogen-bond acceptors (Lipinski definition) is 2. The molecule has 106 valence electrons. The first-order chi connectivity index (χ1) is 10.1. The maximum atomic E-state index is 4.24. The van der Waals surface area contributed by atoms with Gasteiger partial charge < -0.3 is 5.32 Å². The molecule has 3 rings (SSSR count). The molecule has 2 heteroatoms. The van der Waals surface area contributed by atoms with E-state index in [1.54, 1.807) is 0 Å². The molecule has 0 bridgehead atoms. The van der Waals surface area contributed by atoms with Gasteiger partial charge in [-0.3, -0.25) is 4.98 Å². The van der Waals surface area contributed by atoms with Gasteiger partial charge in [0.2, 0.25) is 0 Å². The van der Waals surface area contributed by atoms with Crippen molar-refractivity contribution in [2.24, 2.45) is 0 Å². The molecule has 0 fully saturated rings. The second-order valence-corrected chi connectivity index (χ2v) is 5.63. The summed E-state index contributed by atoms with van der Waals surface area (Å²) in [4.78, 5) is 4.24. The number of nitrogens with zero attached hydrogens (tertiary/aromatic N) is 1. The van der Waals surface area contributed by atoms with Gasteiger partial charge in [0, 0.05) is 29.5 Å². The summed E-state index contributed by atoms with van der Waals surface area (Å²) < 4.78 is 0. The van der Waals surface area contributed by atoms with Gasteiger partial charge in [-0.2, -0.15) is 0 Å². The van der Waals surface area contributed by atoms with Crippen molar-refractivity contribution in [2.45, 2.75) is 26.8 Å². The highest BCUT2D eigenvalue weighted by atomic mass is 14.9. The van der Waals surface area contributed by atoms with Crippen molar-refractivity contribution in [3.8, 4) is 0 Å². The van der Waals surface area contributed by atoms with Crippen LogP contribution in [0.25, 0.3) is 10.8 Å². The van der Waals surface area contributed by atoms with Gasteiger partial charge in [-0.1, -0.05) is 35.9 Å². The topological polar surface area (TPSA) is 24.9 Å². The van der Waals surface area contributed by atoms with Crippen LogP contribution >= 0.6 is 0 Å². The minimum atomic E-state index is 0.261. The Morgan fingerprint density at radius 2 is 1.90 bits per heavy atom. The average Bonchev–Trinajstić information content (AvgIpc) is 2.47. The molecule has 1 N–H and O–H groups in total. The fourth-order valence-electron chi connectivity index (χ4n) is 2.86. The van der Waals surface area contributed by atoms with E-state index in [0.717, 1.165) is 11.1 Å². The Hall–Kier alpha value is -2.35. The van der Waals surface area contributed by atoms with E-state index >= 15 is 0 Å². The monoisotopic (exact) mass is 276 g/mol. The van der Waals surface area contributed by atoms with Crippen LogP contribution in [0.15, 0.2) is 54.9 Å². The van der Waals surface area contributed by atoms with Crippen LogP contribution in [0.2, 0.25) is 0 Å². The lowest BCUT2D eigenvalue weighted by Crippen LogP contribution is -2.08. The minimum Gasteiger partial charge on any atom is -0.378 e. The zero-order chi connectivity index (χ0) is 14.8. The zero-order valence-corrected chi connectivity index (χ0v) is 12.7. The number of fused-ring (bicyclic) bond motifs is 1. The lowest BCUT2D eigenvalue weighted by Gasteiger charge is -2.19. The Bertz CT molecular complexity index is 772. The van der Waals surface area contributed by atoms with E-state index in [2.05, 4.69) is 67.5 Å². The molecular formula is C19H20N2. The van der Waals surface area contributed by atoms with Crippen molar-refractivity contribution >= 4 is 16.5 Å². The molecule has 3 aromatic rings. The lowest BCUT2D eigenvalue weighted by molar-refractivity contribution is 0.875. The highest BCUT2D eigenvalue weighted by molar-refractivity contribution is 5.93. The average molecular weight is 276 g/mol. The van der Waals surface area contributed by atoms with E-state index < -0.39 is 0 Å². The predicted molar refractivity (Wildman–Crippen MR) is 89.7 cm³/mol. The second-order valence-electron chi connectivity index (χ2n) is 5.63. The molecule has 0 amide bonds. The summed E-state index contributed by atoms with van der Waals surface area (Å²) in [5.74, 6) is 0. The van der Waals surface area contributed by atoms with Crippen molar-refractivity contribution in [2.75, 3.05) is 5.32 Å². The molecule has 21 heavy (non-hydrogen) atoms. The number of anilines is 1. The molecule has 0 saturated carbocycles. The van der Waals surface area contributed by atoms with Crippen LogP contribution in [0, 0.1) is 13.8 Å². The summed E-state index contributed by atoms with van der Waals surface area (Å²) in [7, 11) is 0. The van der Waals surface area contributed by atoms with Crippen LogP contribution in [0.4, 0.5) is 5.69 Å². The molecule has 1 atom stereocenters. The Balaban J connectivity index is 1.94. The molecule has 0 aliphatic rings. The molecule has 0 aliphatic heterocycles. The van der Waals surface area contributed by atoms with Crippen molar-refractivity contribution < 1.29 is 0 Å². The van der Waals surface area contributed by atoms with Gasteiger partial charge in [0.1, 0.15) is 0 Å². The second kappa shape index (κ2) is 5.57. The van der Waals surface area contributed by atoms with Crippen molar-refractivity contribution in [1.29, 1.82) is 0 Å². The number of hydrogen-bond donors (Lipinski definition) is 1. The SMILES string of the molecule is Cc1ccc(C(C)Nc2cccc3ccncc23)c(C)c1. The van der Waals surface area contributed by atoms with Crippen molar-refractivity contribution in [1.82, 2.24) is 4.98 Å². The van der Waals surface area contributed by atoms with Gasteiger partial charge in [-0.15, -0.1) is 0 Å². The van der Waals surface area contributed by atoms with E-state index in [4.69, 9.17) is 0 Å². The fraction of sp³-hybridized carbons (Fsp3) is 0.211. The number of rotatable bonds is 3. The van der Waals surface area contributed by atoms with Gasteiger partial charge >= 0.3 is 0 Å². The molecule has 0 aliphatic carbocycles. The Kier molecular flexibility index (Phi) is 3.61. The van der Waals surface area contributed by atoms with E-state index in [1.165, 1.54) is 22.1 Å². The molecule has 1 aromatic heterocycles. The first-order valence-electron chi connectivity index (χ1n) is 7.31. The van der Waals surface area contributed by atoms with Crippen LogP contribution in [-0.4, -0.2) is 4.98 Å². The van der Waals surface area contributed by atoms with Gasteiger partial charge in [0.25, 0.3) is 0 Å². The number of aryl methyl sites for hydroxylation is 2. The molecule has 2 nitrogen and oxygen atoms in total. The van der Waals surface area contributed by atoms with E-state index in [9.17, 15) is 0 Å². The zero-order valence-electron chi connectivity index (χ0n) is 12.7. The Labute approximate surface area is 125 Å². The van der Waals surface area contributed by atoms with Crippen LogP contribution < -0.4 is 5.32 Å². The van der Waals surface area contributed by atoms with E-state index in [-0.39, 0.29) is 6.04 Å². The van der Waals surface area contributed by atoms with Crippen LogP contribution in [0.5, 0.6) is 0 Å². The third-order valence-electron chi connectivity index (χ3n) is 3.95. The third-order valence-corrected chi connectivity index (χ3v) is 3.95. The molecule has 0 spiro atoms.